The van der Waals surface area contributed by atoms with Gasteiger partial charge in [0.15, 0.2) is 0 Å². The minimum atomic E-state index is -0.539. The first-order valence-electron chi connectivity index (χ1n) is 6.53. The van der Waals surface area contributed by atoms with E-state index in [4.69, 9.17) is 0 Å². The quantitative estimate of drug-likeness (QED) is 0.667. The van der Waals surface area contributed by atoms with E-state index in [0.717, 1.165) is 0 Å². The predicted octanol–water partition coefficient (Wildman–Crippen LogP) is 3.22. The third kappa shape index (κ3) is 4.52. The summed E-state index contributed by atoms with van der Waals surface area (Å²) >= 11 is 0. The Balaban J connectivity index is 2.53. The maximum absolute atomic E-state index is 2.68. The van der Waals surface area contributed by atoms with Crippen molar-refractivity contribution in [1.82, 2.24) is 4.90 Å². The van der Waals surface area contributed by atoms with Gasteiger partial charge in [-0.3, -0.25) is 4.90 Å². The van der Waals surface area contributed by atoms with Crippen molar-refractivity contribution in [1.29, 1.82) is 0 Å². The van der Waals surface area contributed by atoms with Gasteiger partial charge in [0.2, 0.25) is 0 Å². The Morgan fingerprint density at radius 1 is 1.13 bits per heavy atom. The van der Waals surface area contributed by atoms with Crippen molar-refractivity contribution in [2.75, 3.05) is 13.1 Å². The molecule has 1 rings (SSSR count). The molecular formula is C13H27NSi. The molecule has 15 heavy (non-hydrogen) atoms. The largest absolute Gasteiger partial charge is 0.297 e. The highest BCUT2D eigenvalue weighted by Gasteiger charge is 2.16. The van der Waals surface area contributed by atoms with Gasteiger partial charge in [-0.05, 0) is 39.8 Å². The molecule has 0 aliphatic carbocycles. The van der Waals surface area contributed by atoms with Gasteiger partial charge in [0, 0.05) is 6.04 Å². The lowest BCUT2D eigenvalue weighted by Gasteiger charge is -2.28. The van der Waals surface area contributed by atoms with Gasteiger partial charge in [0.1, 0.15) is 0 Å². The van der Waals surface area contributed by atoms with Crippen LogP contribution in [0.3, 0.4) is 0 Å². The normalized spacial score (nSPS) is 22.9. The molecule has 1 aliphatic rings. The molecule has 0 aromatic rings. The molecule has 0 bridgehead atoms. The average molecular weight is 225 g/mol. The summed E-state index contributed by atoms with van der Waals surface area (Å²) in [6, 6.07) is 0.679. The Morgan fingerprint density at radius 2 is 1.67 bits per heavy atom. The summed E-state index contributed by atoms with van der Waals surface area (Å²) in [6.07, 6.45) is 5.67. The van der Waals surface area contributed by atoms with E-state index in [1.807, 2.05) is 0 Å². The van der Waals surface area contributed by atoms with Crippen molar-refractivity contribution in [3.8, 4) is 0 Å². The first-order chi connectivity index (χ1) is 7.11. The zero-order valence-electron chi connectivity index (χ0n) is 10.9. The highest BCUT2D eigenvalue weighted by Crippen LogP contribution is 2.16. The van der Waals surface area contributed by atoms with E-state index in [-0.39, 0.29) is 0 Å². The second kappa shape index (κ2) is 6.49. The monoisotopic (exact) mass is 225 g/mol. The third-order valence-corrected chi connectivity index (χ3v) is 4.64. The summed E-state index contributed by atoms with van der Waals surface area (Å²) in [5, 5.41) is 0. The van der Waals surface area contributed by atoms with Crippen LogP contribution in [0.15, 0.2) is 11.3 Å². The van der Waals surface area contributed by atoms with Crippen LogP contribution in [0.1, 0.15) is 39.5 Å². The molecule has 88 valence electrons. The van der Waals surface area contributed by atoms with Gasteiger partial charge in [-0.15, -0.1) is 0 Å². The van der Waals surface area contributed by atoms with Gasteiger partial charge in [-0.2, -0.15) is 0 Å². The molecule has 0 saturated carbocycles. The number of likely N-dealkylation sites (tertiary alicyclic amines) is 1. The van der Waals surface area contributed by atoms with Crippen molar-refractivity contribution in [3.05, 3.63) is 11.3 Å². The fourth-order valence-electron chi connectivity index (χ4n) is 2.44. The van der Waals surface area contributed by atoms with Crippen LogP contribution in [0.5, 0.6) is 0 Å². The second-order valence-electron chi connectivity index (χ2n) is 5.28. The Hall–Kier alpha value is -0.0831. The molecule has 0 N–H and O–H groups in total. The van der Waals surface area contributed by atoms with Crippen LogP contribution in [-0.2, 0) is 0 Å². The van der Waals surface area contributed by atoms with Crippen LogP contribution < -0.4 is 0 Å². The van der Waals surface area contributed by atoms with Crippen LogP contribution in [0.2, 0.25) is 13.1 Å². The van der Waals surface area contributed by atoms with Crippen LogP contribution in [-0.4, -0.2) is 32.8 Å². The maximum Gasteiger partial charge on any atom is 0.0554 e. The smallest absolute Gasteiger partial charge is 0.0554 e. The Labute approximate surface area is 97.2 Å². The zero-order valence-corrected chi connectivity index (χ0v) is 12.1. The summed E-state index contributed by atoms with van der Waals surface area (Å²) in [5.74, 6) is 0. The number of hydrogen-bond acceptors (Lipinski definition) is 1. The molecule has 1 fully saturated rings. The highest BCUT2D eigenvalue weighted by atomic mass is 28.3. The van der Waals surface area contributed by atoms with Gasteiger partial charge in [0.05, 0.1) is 8.80 Å². The molecule has 1 aliphatic heterocycles. The van der Waals surface area contributed by atoms with E-state index in [2.05, 4.69) is 37.5 Å². The molecule has 1 saturated heterocycles. The molecule has 1 heterocycles. The van der Waals surface area contributed by atoms with E-state index < -0.39 is 8.80 Å². The summed E-state index contributed by atoms with van der Waals surface area (Å²) < 4.78 is 0. The van der Waals surface area contributed by atoms with E-state index in [1.54, 1.807) is 5.57 Å². The van der Waals surface area contributed by atoms with Crippen LogP contribution >= 0.6 is 0 Å². The molecule has 1 atom stereocenters. The molecule has 0 aromatic heterocycles. The van der Waals surface area contributed by atoms with Crippen LogP contribution in [0.4, 0.5) is 0 Å². The molecule has 0 amide bonds. The molecule has 1 nitrogen and oxygen atoms in total. The Bertz CT molecular complexity index is 203. The fraction of sp³-hybridized carbons (Fsp3) is 0.846. The third-order valence-electron chi connectivity index (χ3n) is 3.44. The van der Waals surface area contributed by atoms with Gasteiger partial charge in [-0.25, -0.2) is 0 Å². The molecular weight excluding hydrogens is 198 g/mol. The lowest BCUT2D eigenvalue weighted by molar-refractivity contribution is 0.242. The molecule has 0 spiro atoms. The maximum atomic E-state index is 2.68. The first kappa shape index (κ1) is 13.0. The van der Waals surface area contributed by atoms with Gasteiger partial charge < -0.3 is 0 Å². The number of rotatable bonds is 3. The zero-order chi connectivity index (χ0) is 11.3. The van der Waals surface area contributed by atoms with Crippen molar-refractivity contribution >= 4 is 8.80 Å². The summed E-state index contributed by atoms with van der Waals surface area (Å²) in [4.78, 5) is 2.68. The molecule has 1 unspecified atom stereocenters. The standard InChI is InChI=1S/C13H27NSi/c1-12(11-15(3)4)13(2)14-9-7-5-6-8-10-14/h11,13,15H,5-10H2,1-4H3. The SMILES string of the molecule is CC(=C[SiH](C)C)C(C)N1CCCCCC1. The van der Waals surface area contributed by atoms with Crippen molar-refractivity contribution < 1.29 is 0 Å². The first-order valence-corrected chi connectivity index (χ1v) is 9.51. The van der Waals surface area contributed by atoms with Crippen LogP contribution in [0.25, 0.3) is 0 Å². The molecule has 0 aromatic carbocycles. The van der Waals surface area contributed by atoms with Crippen molar-refractivity contribution in [3.63, 3.8) is 0 Å². The van der Waals surface area contributed by atoms with E-state index in [1.165, 1.54) is 38.8 Å². The van der Waals surface area contributed by atoms with Gasteiger partial charge >= 0.3 is 0 Å². The lowest BCUT2D eigenvalue weighted by atomic mass is 10.1. The topological polar surface area (TPSA) is 3.24 Å². The second-order valence-corrected chi connectivity index (χ2v) is 8.10. The van der Waals surface area contributed by atoms with E-state index in [9.17, 15) is 0 Å². The highest BCUT2D eigenvalue weighted by molar-refractivity contribution is 6.61. The Morgan fingerprint density at radius 3 is 2.13 bits per heavy atom. The molecule has 0 radical (unpaired) electrons. The number of hydrogen-bond donors (Lipinski definition) is 0. The summed E-state index contributed by atoms with van der Waals surface area (Å²) in [5.41, 5.74) is 4.16. The minimum absolute atomic E-state index is 0.539. The van der Waals surface area contributed by atoms with E-state index in [0.29, 0.717) is 6.04 Å². The summed E-state index contributed by atoms with van der Waals surface area (Å²) in [6.45, 7) is 12.1. The predicted molar refractivity (Wildman–Crippen MR) is 72.1 cm³/mol. The van der Waals surface area contributed by atoms with Gasteiger partial charge in [0.25, 0.3) is 0 Å². The van der Waals surface area contributed by atoms with Crippen LogP contribution in [0, 0.1) is 0 Å². The van der Waals surface area contributed by atoms with Gasteiger partial charge in [-0.1, -0.05) is 37.2 Å². The lowest BCUT2D eigenvalue weighted by Crippen LogP contribution is -2.35. The number of nitrogens with zero attached hydrogens (tertiary/aromatic N) is 1. The average Bonchev–Trinajstić information content (AvgIpc) is 2.43. The van der Waals surface area contributed by atoms with Crippen molar-refractivity contribution in [2.45, 2.75) is 58.7 Å². The van der Waals surface area contributed by atoms with E-state index >= 15 is 0 Å². The minimum Gasteiger partial charge on any atom is -0.297 e. The molecule has 2 heteroatoms. The fourth-order valence-corrected chi connectivity index (χ4v) is 3.77. The Kier molecular flexibility index (Phi) is 5.62. The van der Waals surface area contributed by atoms with Crippen molar-refractivity contribution in [2.24, 2.45) is 0 Å². The summed E-state index contributed by atoms with van der Waals surface area (Å²) in [7, 11) is -0.539.